The van der Waals surface area contributed by atoms with Crippen LogP contribution in [0.25, 0.3) is 0 Å². The Bertz CT molecular complexity index is 709. The molecule has 27 heavy (non-hydrogen) atoms. The zero-order valence-electron chi connectivity index (χ0n) is 16.3. The van der Waals surface area contributed by atoms with E-state index >= 15 is 0 Å². The van der Waals surface area contributed by atoms with E-state index in [1.54, 1.807) is 7.11 Å². The molecule has 0 saturated carbocycles. The second-order valence-electron chi connectivity index (χ2n) is 7.73. The first kappa shape index (κ1) is 18.3. The largest absolute Gasteiger partial charge is 0.497 e. The van der Waals surface area contributed by atoms with Gasteiger partial charge in [-0.3, -0.25) is 0 Å². The molecule has 1 spiro atoms. The van der Waals surface area contributed by atoms with Crippen molar-refractivity contribution in [3.63, 3.8) is 0 Å². The number of anilines is 1. The summed E-state index contributed by atoms with van der Waals surface area (Å²) < 4.78 is 11.6. The predicted octanol–water partition coefficient (Wildman–Crippen LogP) is 3.61. The fourth-order valence-corrected chi connectivity index (χ4v) is 4.27. The Morgan fingerprint density at radius 1 is 0.963 bits per heavy atom. The van der Waals surface area contributed by atoms with Crippen molar-refractivity contribution in [3.8, 4) is 5.75 Å². The predicted molar refractivity (Wildman–Crippen MR) is 110 cm³/mol. The molecule has 0 N–H and O–H groups in total. The van der Waals surface area contributed by atoms with Crippen molar-refractivity contribution in [2.45, 2.75) is 24.9 Å². The van der Waals surface area contributed by atoms with Gasteiger partial charge >= 0.3 is 0 Å². The van der Waals surface area contributed by atoms with Crippen LogP contribution in [0.1, 0.15) is 18.4 Å². The summed E-state index contributed by atoms with van der Waals surface area (Å²) in [6.45, 7) is 6.21. The van der Waals surface area contributed by atoms with Crippen LogP contribution in [0.4, 0.5) is 5.69 Å². The highest BCUT2D eigenvalue weighted by Crippen LogP contribution is 2.32. The maximum atomic E-state index is 6.31. The number of hydrogen-bond acceptors (Lipinski definition) is 4. The molecule has 4 heteroatoms. The average Bonchev–Trinajstić information content (AvgIpc) is 2.74. The van der Waals surface area contributed by atoms with Crippen molar-refractivity contribution in [2.24, 2.45) is 0 Å². The molecule has 2 fully saturated rings. The van der Waals surface area contributed by atoms with E-state index < -0.39 is 0 Å². The summed E-state index contributed by atoms with van der Waals surface area (Å²) in [5, 5.41) is 0. The summed E-state index contributed by atoms with van der Waals surface area (Å²) >= 11 is 0. The number of ether oxygens (including phenoxy) is 2. The van der Waals surface area contributed by atoms with Gasteiger partial charge in [0.25, 0.3) is 0 Å². The van der Waals surface area contributed by atoms with Crippen LogP contribution in [-0.4, -0.2) is 56.9 Å². The second-order valence-corrected chi connectivity index (χ2v) is 7.73. The van der Waals surface area contributed by atoms with Crippen LogP contribution in [-0.2, 0) is 11.2 Å². The van der Waals surface area contributed by atoms with E-state index in [0.717, 1.165) is 64.3 Å². The number of nitrogens with zero attached hydrogens (tertiary/aromatic N) is 2. The number of para-hydroxylation sites is 1. The van der Waals surface area contributed by atoms with Gasteiger partial charge in [-0.2, -0.15) is 0 Å². The summed E-state index contributed by atoms with van der Waals surface area (Å²) in [7, 11) is 1.71. The lowest BCUT2D eigenvalue weighted by Gasteiger charge is -2.48. The minimum Gasteiger partial charge on any atom is -0.497 e. The first-order chi connectivity index (χ1) is 13.3. The topological polar surface area (TPSA) is 24.9 Å². The Hall–Kier alpha value is -2.04. The third kappa shape index (κ3) is 4.45. The van der Waals surface area contributed by atoms with E-state index in [2.05, 4.69) is 64.4 Å². The molecule has 2 aromatic rings. The molecular weight excluding hydrogens is 336 g/mol. The molecule has 0 aliphatic carbocycles. The van der Waals surface area contributed by atoms with E-state index in [1.165, 1.54) is 11.3 Å². The van der Waals surface area contributed by atoms with Crippen molar-refractivity contribution in [3.05, 3.63) is 60.2 Å². The highest BCUT2D eigenvalue weighted by Gasteiger charge is 2.39. The molecule has 2 heterocycles. The zero-order chi connectivity index (χ0) is 18.5. The number of likely N-dealkylation sites (tertiary alicyclic amines) is 1. The van der Waals surface area contributed by atoms with Crippen LogP contribution in [0.15, 0.2) is 54.6 Å². The molecule has 0 unspecified atom stereocenters. The molecule has 4 nitrogen and oxygen atoms in total. The SMILES string of the molecule is COc1ccc(CCN2CCC3(CC2)CN(c2ccccc2)CCO3)cc1. The quantitative estimate of drug-likeness (QED) is 0.807. The van der Waals surface area contributed by atoms with Gasteiger partial charge in [-0.15, -0.1) is 0 Å². The summed E-state index contributed by atoms with van der Waals surface area (Å²) in [5.41, 5.74) is 2.73. The standard InChI is InChI=1S/C23H30N2O2/c1-26-22-9-7-20(8-10-22)11-14-24-15-12-23(13-16-24)19-25(17-18-27-23)21-5-3-2-4-6-21/h2-10H,11-19H2,1H3. The average molecular weight is 367 g/mol. The Morgan fingerprint density at radius 2 is 1.70 bits per heavy atom. The summed E-state index contributed by atoms with van der Waals surface area (Å²) in [5.74, 6) is 0.927. The molecule has 2 aromatic carbocycles. The molecule has 2 aliphatic rings. The zero-order valence-corrected chi connectivity index (χ0v) is 16.3. The smallest absolute Gasteiger partial charge is 0.118 e. The molecule has 2 aliphatic heterocycles. The van der Waals surface area contributed by atoms with Crippen LogP contribution < -0.4 is 9.64 Å². The number of rotatable bonds is 5. The number of piperidine rings is 1. The van der Waals surface area contributed by atoms with Crippen molar-refractivity contribution in [1.29, 1.82) is 0 Å². The number of morpholine rings is 1. The Balaban J connectivity index is 1.28. The first-order valence-electron chi connectivity index (χ1n) is 10.1. The van der Waals surface area contributed by atoms with Gasteiger partial charge in [-0.25, -0.2) is 0 Å². The van der Waals surface area contributed by atoms with E-state index in [0.29, 0.717) is 0 Å². The lowest BCUT2D eigenvalue weighted by molar-refractivity contribution is -0.0909. The van der Waals surface area contributed by atoms with E-state index in [9.17, 15) is 0 Å². The summed E-state index contributed by atoms with van der Waals surface area (Å²) in [6.07, 6.45) is 3.34. The monoisotopic (exact) mass is 366 g/mol. The number of methoxy groups -OCH3 is 1. The highest BCUT2D eigenvalue weighted by molar-refractivity contribution is 5.46. The van der Waals surface area contributed by atoms with Crippen LogP contribution in [0.5, 0.6) is 5.75 Å². The maximum Gasteiger partial charge on any atom is 0.118 e. The van der Waals surface area contributed by atoms with Crippen LogP contribution >= 0.6 is 0 Å². The van der Waals surface area contributed by atoms with Gasteiger partial charge in [-0.05, 0) is 49.1 Å². The van der Waals surface area contributed by atoms with Crippen molar-refractivity contribution >= 4 is 5.69 Å². The van der Waals surface area contributed by atoms with Gasteiger partial charge in [0.15, 0.2) is 0 Å². The summed E-state index contributed by atoms with van der Waals surface area (Å²) in [4.78, 5) is 5.08. The van der Waals surface area contributed by atoms with Gasteiger partial charge in [-0.1, -0.05) is 30.3 Å². The third-order valence-electron chi connectivity index (χ3n) is 6.01. The molecule has 4 rings (SSSR count). The lowest BCUT2D eigenvalue weighted by atomic mass is 9.89. The van der Waals surface area contributed by atoms with Crippen molar-refractivity contribution in [2.75, 3.05) is 51.3 Å². The molecule has 0 amide bonds. The van der Waals surface area contributed by atoms with Crippen LogP contribution in [0.2, 0.25) is 0 Å². The molecule has 0 aromatic heterocycles. The van der Waals surface area contributed by atoms with Gasteiger partial charge in [0, 0.05) is 38.4 Å². The molecule has 0 radical (unpaired) electrons. The van der Waals surface area contributed by atoms with Crippen LogP contribution in [0, 0.1) is 0 Å². The van der Waals surface area contributed by atoms with Crippen molar-refractivity contribution in [1.82, 2.24) is 4.90 Å². The molecule has 144 valence electrons. The fraction of sp³-hybridized carbons (Fsp3) is 0.478. The lowest BCUT2D eigenvalue weighted by Crippen LogP contribution is -2.57. The van der Waals surface area contributed by atoms with Gasteiger partial charge < -0.3 is 19.3 Å². The second kappa shape index (κ2) is 8.32. The molecule has 0 atom stereocenters. The summed E-state index contributed by atoms with van der Waals surface area (Å²) in [6, 6.07) is 19.2. The number of hydrogen-bond donors (Lipinski definition) is 0. The highest BCUT2D eigenvalue weighted by atomic mass is 16.5. The minimum absolute atomic E-state index is 0.0324. The third-order valence-corrected chi connectivity index (χ3v) is 6.01. The fourth-order valence-electron chi connectivity index (χ4n) is 4.27. The van der Waals surface area contributed by atoms with Gasteiger partial charge in [0.2, 0.25) is 0 Å². The maximum absolute atomic E-state index is 6.31. The van der Waals surface area contributed by atoms with Gasteiger partial charge in [0.1, 0.15) is 5.75 Å². The molecule has 2 saturated heterocycles. The first-order valence-corrected chi connectivity index (χ1v) is 10.1. The normalized spacial score (nSPS) is 20.0. The van der Waals surface area contributed by atoms with E-state index in [4.69, 9.17) is 9.47 Å². The van der Waals surface area contributed by atoms with Gasteiger partial charge in [0.05, 0.1) is 19.3 Å². The van der Waals surface area contributed by atoms with E-state index in [-0.39, 0.29) is 5.60 Å². The molecular formula is C23H30N2O2. The van der Waals surface area contributed by atoms with E-state index in [1.807, 2.05) is 0 Å². The molecule has 0 bridgehead atoms. The van der Waals surface area contributed by atoms with Crippen LogP contribution in [0.3, 0.4) is 0 Å². The minimum atomic E-state index is 0.0324. The number of benzene rings is 2. The Morgan fingerprint density at radius 3 is 2.41 bits per heavy atom. The van der Waals surface area contributed by atoms with Crippen molar-refractivity contribution < 1.29 is 9.47 Å². The Labute approximate surface area is 162 Å². The Kier molecular flexibility index (Phi) is 5.65.